The average Bonchev–Trinajstić information content (AvgIpc) is 2.49. The molecule has 1 aromatic carbocycles. The largest absolute Gasteiger partial charge is 0.329 e. The normalized spacial score (nSPS) is 26.9. The number of rotatable bonds is 3. The van der Waals surface area contributed by atoms with E-state index in [1.807, 2.05) is 0 Å². The molecule has 2 atom stereocenters. The van der Waals surface area contributed by atoms with E-state index in [2.05, 4.69) is 40.1 Å². The van der Waals surface area contributed by atoms with E-state index in [1.165, 1.54) is 44.5 Å². The lowest BCUT2D eigenvalue weighted by Crippen LogP contribution is -2.56. The van der Waals surface area contributed by atoms with Gasteiger partial charge in [0, 0.05) is 38.3 Å². The summed E-state index contributed by atoms with van der Waals surface area (Å²) in [5, 5.41) is 0. The fourth-order valence-corrected chi connectivity index (χ4v) is 3.63. The Labute approximate surface area is 116 Å². The summed E-state index contributed by atoms with van der Waals surface area (Å²) < 4.78 is 0. The molecule has 0 bridgehead atoms. The Bertz CT molecular complexity index is 392. The van der Waals surface area contributed by atoms with Gasteiger partial charge in [-0.3, -0.25) is 9.80 Å². The second-order valence-electron chi connectivity index (χ2n) is 5.84. The Balaban J connectivity index is 1.70. The van der Waals surface area contributed by atoms with Crippen LogP contribution in [0.15, 0.2) is 30.3 Å². The highest BCUT2D eigenvalue weighted by molar-refractivity contribution is 5.19. The highest BCUT2D eigenvalue weighted by Gasteiger charge is 2.31. The third kappa shape index (κ3) is 2.83. The minimum absolute atomic E-state index is 0.394. The lowest BCUT2D eigenvalue weighted by atomic mass is 9.97. The van der Waals surface area contributed by atoms with Crippen molar-refractivity contribution in [3.8, 4) is 0 Å². The highest BCUT2D eigenvalue weighted by Crippen LogP contribution is 2.27. The predicted octanol–water partition coefficient (Wildman–Crippen LogP) is 1.86. The number of hydrogen-bond acceptors (Lipinski definition) is 3. The molecule has 19 heavy (non-hydrogen) atoms. The second kappa shape index (κ2) is 6.04. The van der Waals surface area contributed by atoms with Crippen LogP contribution in [0.25, 0.3) is 0 Å². The molecule has 0 aliphatic carbocycles. The Morgan fingerprint density at radius 2 is 1.95 bits per heavy atom. The molecule has 0 spiro atoms. The summed E-state index contributed by atoms with van der Waals surface area (Å²) in [6, 6.07) is 11.9. The van der Waals surface area contributed by atoms with Crippen LogP contribution in [-0.4, -0.2) is 48.6 Å². The van der Waals surface area contributed by atoms with Crippen LogP contribution >= 0.6 is 0 Å². The molecule has 2 fully saturated rings. The van der Waals surface area contributed by atoms with Crippen LogP contribution in [0.4, 0.5) is 0 Å². The van der Waals surface area contributed by atoms with Crippen molar-refractivity contribution in [3.63, 3.8) is 0 Å². The standard InChI is InChI=1S/C16H25N3/c17-12-16(14-6-2-1-3-7-14)19-11-10-18-9-5-4-8-15(18)13-19/h1-3,6-7,15-16H,4-5,8-13,17H2. The van der Waals surface area contributed by atoms with E-state index < -0.39 is 0 Å². The van der Waals surface area contributed by atoms with Crippen molar-refractivity contribution in [2.45, 2.75) is 31.3 Å². The smallest absolute Gasteiger partial charge is 0.0471 e. The van der Waals surface area contributed by atoms with Crippen molar-refractivity contribution in [2.24, 2.45) is 5.73 Å². The summed E-state index contributed by atoms with van der Waals surface area (Å²) in [6.45, 7) is 5.59. The van der Waals surface area contributed by atoms with Crippen molar-refractivity contribution in [1.82, 2.24) is 9.80 Å². The van der Waals surface area contributed by atoms with Crippen molar-refractivity contribution in [1.29, 1.82) is 0 Å². The van der Waals surface area contributed by atoms with Crippen molar-refractivity contribution < 1.29 is 0 Å². The van der Waals surface area contributed by atoms with E-state index in [0.29, 0.717) is 6.04 Å². The molecule has 0 saturated carbocycles. The molecule has 1 aromatic rings. The zero-order valence-corrected chi connectivity index (χ0v) is 11.7. The highest BCUT2D eigenvalue weighted by atomic mass is 15.3. The zero-order chi connectivity index (χ0) is 13.1. The van der Waals surface area contributed by atoms with Crippen LogP contribution in [0.2, 0.25) is 0 Å². The van der Waals surface area contributed by atoms with Crippen LogP contribution in [0.5, 0.6) is 0 Å². The maximum absolute atomic E-state index is 6.05. The summed E-state index contributed by atoms with van der Waals surface area (Å²) in [7, 11) is 0. The van der Waals surface area contributed by atoms with E-state index in [1.54, 1.807) is 0 Å². The van der Waals surface area contributed by atoms with Gasteiger partial charge in [-0.2, -0.15) is 0 Å². The molecule has 0 radical (unpaired) electrons. The third-order valence-electron chi connectivity index (χ3n) is 4.72. The number of hydrogen-bond donors (Lipinski definition) is 1. The Kier molecular flexibility index (Phi) is 4.16. The topological polar surface area (TPSA) is 32.5 Å². The fraction of sp³-hybridized carbons (Fsp3) is 0.625. The first kappa shape index (κ1) is 13.1. The van der Waals surface area contributed by atoms with Crippen molar-refractivity contribution >= 4 is 0 Å². The van der Waals surface area contributed by atoms with E-state index in [0.717, 1.165) is 19.1 Å². The van der Waals surface area contributed by atoms with Gasteiger partial charge in [-0.05, 0) is 24.9 Å². The van der Waals surface area contributed by atoms with E-state index in [9.17, 15) is 0 Å². The molecule has 2 N–H and O–H groups in total. The first-order chi connectivity index (χ1) is 9.38. The Morgan fingerprint density at radius 3 is 2.74 bits per heavy atom. The Morgan fingerprint density at radius 1 is 1.11 bits per heavy atom. The monoisotopic (exact) mass is 259 g/mol. The molecule has 3 heteroatoms. The minimum atomic E-state index is 0.394. The first-order valence-corrected chi connectivity index (χ1v) is 7.61. The molecule has 3 nitrogen and oxygen atoms in total. The molecule has 2 saturated heterocycles. The summed E-state index contributed by atoms with van der Waals surface area (Å²) in [4.78, 5) is 5.28. The van der Waals surface area contributed by atoms with Gasteiger partial charge in [0.15, 0.2) is 0 Å². The molecule has 2 aliphatic rings. The molecular formula is C16H25N3. The quantitative estimate of drug-likeness (QED) is 0.899. The maximum atomic E-state index is 6.05. The van der Waals surface area contributed by atoms with E-state index in [4.69, 9.17) is 5.73 Å². The molecule has 104 valence electrons. The Hall–Kier alpha value is -0.900. The van der Waals surface area contributed by atoms with Gasteiger partial charge in [-0.1, -0.05) is 36.8 Å². The minimum Gasteiger partial charge on any atom is -0.329 e. The number of piperazine rings is 1. The molecule has 0 aromatic heterocycles. The number of piperidine rings is 1. The van der Waals surface area contributed by atoms with Crippen LogP contribution in [0, 0.1) is 0 Å². The third-order valence-corrected chi connectivity index (χ3v) is 4.72. The van der Waals surface area contributed by atoms with Gasteiger partial charge in [0.25, 0.3) is 0 Å². The first-order valence-electron chi connectivity index (χ1n) is 7.61. The number of fused-ring (bicyclic) bond motifs is 1. The summed E-state index contributed by atoms with van der Waals surface area (Å²) in [5.41, 5.74) is 7.42. The van der Waals surface area contributed by atoms with Crippen LogP contribution < -0.4 is 5.73 Å². The van der Waals surface area contributed by atoms with Gasteiger partial charge in [0.05, 0.1) is 0 Å². The SMILES string of the molecule is NCC(c1ccccc1)N1CCN2CCCCC2C1. The van der Waals surface area contributed by atoms with Gasteiger partial charge in [-0.15, -0.1) is 0 Å². The molecular weight excluding hydrogens is 234 g/mol. The van der Waals surface area contributed by atoms with Crippen LogP contribution in [0.1, 0.15) is 30.9 Å². The van der Waals surface area contributed by atoms with Gasteiger partial charge in [0.1, 0.15) is 0 Å². The fourth-order valence-electron chi connectivity index (χ4n) is 3.63. The molecule has 2 aliphatic heterocycles. The van der Waals surface area contributed by atoms with Crippen molar-refractivity contribution in [3.05, 3.63) is 35.9 Å². The zero-order valence-electron chi connectivity index (χ0n) is 11.7. The van der Waals surface area contributed by atoms with Crippen molar-refractivity contribution in [2.75, 3.05) is 32.7 Å². The summed E-state index contributed by atoms with van der Waals surface area (Å²) in [6.07, 6.45) is 4.14. The van der Waals surface area contributed by atoms with E-state index in [-0.39, 0.29) is 0 Å². The van der Waals surface area contributed by atoms with Gasteiger partial charge >= 0.3 is 0 Å². The van der Waals surface area contributed by atoms with Gasteiger partial charge < -0.3 is 5.73 Å². The summed E-state index contributed by atoms with van der Waals surface area (Å²) in [5.74, 6) is 0. The lowest BCUT2D eigenvalue weighted by molar-refractivity contribution is 0.0286. The number of nitrogens with two attached hydrogens (primary N) is 1. The predicted molar refractivity (Wildman–Crippen MR) is 79.0 cm³/mol. The molecule has 0 amide bonds. The maximum Gasteiger partial charge on any atom is 0.0471 e. The van der Waals surface area contributed by atoms with Gasteiger partial charge in [0.2, 0.25) is 0 Å². The van der Waals surface area contributed by atoms with E-state index >= 15 is 0 Å². The van der Waals surface area contributed by atoms with Crippen LogP contribution in [-0.2, 0) is 0 Å². The molecule has 2 unspecified atom stereocenters. The average molecular weight is 259 g/mol. The lowest BCUT2D eigenvalue weighted by Gasteiger charge is -2.46. The van der Waals surface area contributed by atoms with Crippen LogP contribution in [0.3, 0.4) is 0 Å². The number of nitrogens with zero attached hydrogens (tertiary/aromatic N) is 2. The second-order valence-corrected chi connectivity index (χ2v) is 5.84. The van der Waals surface area contributed by atoms with Gasteiger partial charge in [-0.25, -0.2) is 0 Å². The summed E-state index contributed by atoms with van der Waals surface area (Å²) >= 11 is 0. The molecule has 2 heterocycles. The molecule has 3 rings (SSSR count). The number of benzene rings is 1.